The number of methoxy groups -OCH3 is 1. The molecule has 0 amide bonds. The van der Waals surface area contributed by atoms with E-state index in [0.29, 0.717) is 5.95 Å². The van der Waals surface area contributed by atoms with Crippen molar-refractivity contribution in [2.45, 2.75) is 44.1 Å². The van der Waals surface area contributed by atoms with Gasteiger partial charge in [0.25, 0.3) is 5.95 Å². The number of rotatable bonds is 3. The van der Waals surface area contributed by atoms with E-state index in [1.165, 1.54) is 45.6 Å². The number of aromatic nitrogens is 4. The molecule has 1 N–H and O–H groups in total. The SMILES string of the molecule is COc1nnc(NC23CC4CC(CC(C4)C2)C3)nn1. The highest BCUT2D eigenvalue weighted by Gasteiger charge is 2.51. The van der Waals surface area contributed by atoms with E-state index in [1.807, 2.05) is 0 Å². The molecule has 1 aromatic rings. The lowest BCUT2D eigenvalue weighted by Gasteiger charge is -2.56. The molecule has 1 aromatic heterocycles. The van der Waals surface area contributed by atoms with Gasteiger partial charge in [-0.05, 0) is 56.3 Å². The fraction of sp³-hybridized carbons (Fsp3) is 0.846. The van der Waals surface area contributed by atoms with E-state index in [4.69, 9.17) is 4.74 Å². The van der Waals surface area contributed by atoms with Crippen LogP contribution in [0.1, 0.15) is 38.5 Å². The molecule has 0 aliphatic heterocycles. The van der Waals surface area contributed by atoms with Crippen LogP contribution >= 0.6 is 0 Å². The number of hydrogen-bond donors (Lipinski definition) is 1. The van der Waals surface area contributed by atoms with Gasteiger partial charge in [0.05, 0.1) is 7.11 Å². The zero-order valence-electron chi connectivity index (χ0n) is 11.2. The van der Waals surface area contributed by atoms with Crippen molar-refractivity contribution < 1.29 is 4.74 Å². The second kappa shape index (κ2) is 4.02. The van der Waals surface area contributed by atoms with E-state index < -0.39 is 0 Å². The summed E-state index contributed by atoms with van der Waals surface area (Å²) in [6.45, 7) is 0. The minimum atomic E-state index is 0.201. The molecular weight excluding hydrogens is 242 g/mol. The molecule has 4 aliphatic rings. The largest absolute Gasteiger partial charge is 0.465 e. The Morgan fingerprint density at radius 3 is 1.95 bits per heavy atom. The van der Waals surface area contributed by atoms with Gasteiger partial charge >= 0.3 is 6.01 Å². The van der Waals surface area contributed by atoms with Crippen LogP contribution in [0.4, 0.5) is 5.95 Å². The quantitative estimate of drug-likeness (QED) is 0.892. The zero-order chi connectivity index (χ0) is 12.9. The fourth-order valence-corrected chi connectivity index (χ4v) is 4.85. The summed E-state index contributed by atoms with van der Waals surface area (Å²) in [7, 11) is 1.52. The Morgan fingerprint density at radius 2 is 1.47 bits per heavy atom. The van der Waals surface area contributed by atoms with Crippen LogP contribution in [-0.4, -0.2) is 33.0 Å². The molecule has 0 aromatic carbocycles. The van der Waals surface area contributed by atoms with Crippen molar-refractivity contribution in [2.24, 2.45) is 17.8 Å². The second-order valence-electron chi connectivity index (χ2n) is 6.53. The molecule has 6 nitrogen and oxygen atoms in total. The number of anilines is 1. The molecule has 0 unspecified atom stereocenters. The monoisotopic (exact) mass is 261 g/mol. The molecule has 102 valence electrons. The number of ether oxygens (including phenoxy) is 1. The number of nitrogens with one attached hydrogen (secondary N) is 1. The summed E-state index contributed by atoms with van der Waals surface area (Å²) in [5.74, 6) is 3.25. The topological polar surface area (TPSA) is 72.8 Å². The smallest absolute Gasteiger partial charge is 0.354 e. The number of nitrogens with zero attached hydrogens (tertiary/aromatic N) is 4. The van der Waals surface area contributed by atoms with Crippen molar-refractivity contribution in [2.75, 3.05) is 12.4 Å². The van der Waals surface area contributed by atoms with Crippen molar-refractivity contribution in [3.05, 3.63) is 0 Å². The van der Waals surface area contributed by atoms with Crippen molar-refractivity contribution in [3.8, 4) is 6.01 Å². The van der Waals surface area contributed by atoms with Gasteiger partial charge in [-0.25, -0.2) is 0 Å². The molecule has 0 saturated heterocycles. The van der Waals surface area contributed by atoms with Crippen LogP contribution in [0.15, 0.2) is 0 Å². The number of hydrogen-bond acceptors (Lipinski definition) is 6. The van der Waals surface area contributed by atoms with Crippen LogP contribution in [0.5, 0.6) is 6.01 Å². The average molecular weight is 261 g/mol. The van der Waals surface area contributed by atoms with Crippen molar-refractivity contribution in [3.63, 3.8) is 0 Å². The van der Waals surface area contributed by atoms with E-state index in [2.05, 4.69) is 25.7 Å². The maximum absolute atomic E-state index is 4.89. The third kappa shape index (κ3) is 1.93. The van der Waals surface area contributed by atoms with Crippen LogP contribution in [0.3, 0.4) is 0 Å². The summed E-state index contributed by atoms with van der Waals surface area (Å²) in [5, 5.41) is 19.4. The molecule has 4 aliphatic carbocycles. The molecule has 6 heteroatoms. The molecule has 19 heavy (non-hydrogen) atoms. The molecular formula is C13H19N5O. The second-order valence-corrected chi connectivity index (χ2v) is 6.53. The third-order valence-electron chi connectivity index (χ3n) is 5.06. The lowest BCUT2D eigenvalue weighted by Crippen LogP contribution is -2.55. The maximum Gasteiger partial charge on any atom is 0.354 e. The van der Waals surface area contributed by atoms with Crippen LogP contribution in [0.2, 0.25) is 0 Å². The van der Waals surface area contributed by atoms with Gasteiger partial charge in [-0.2, -0.15) is 0 Å². The third-order valence-corrected chi connectivity index (χ3v) is 5.06. The normalized spacial score (nSPS) is 39.3. The average Bonchev–Trinajstić information content (AvgIpc) is 2.37. The summed E-state index contributed by atoms with van der Waals surface area (Å²) in [6, 6.07) is 0.219. The van der Waals surface area contributed by atoms with Crippen LogP contribution in [0, 0.1) is 17.8 Å². The summed E-state index contributed by atoms with van der Waals surface area (Å²) < 4.78 is 4.89. The molecule has 4 saturated carbocycles. The van der Waals surface area contributed by atoms with Gasteiger partial charge in [0.1, 0.15) is 0 Å². The van der Waals surface area contributed by atoms with E-state index >= 15 is 0 Å². The first-order chi connectivity index (χ1) is 9.25. The summed E-state index contributed by atoms with van der Waals surface area (Å²) in [4.78, 5) is 0. The van der Waals surface area contributed by atoms with E-state index in [9.17, 15) is 0 Å². The zero-order valence-corrected chi connectivity index (χ0v) is 11.2. The Morgan fingerprint density at radius 1 is 0.947 bits per heavy atom. The highest BCUT2D eigenvalue weighted by atomic mass is 16.5. The van der Waals surface area contributed by atoms with Crippen molar-refractivity contribution in [1.82, 2.24) is 20.4 Å². The van der Waals surface area contributed by atoms with Gasteiger partial charge in [-0.15, -0.1) is 10.2 Å². The Balaban J connectivity index is 1.55. The van der Waals surface area contributed by atoms with Crippen LogP contribution < -0.4 is 10.1 Å². The van der Waals surface area contributed by atoms with Gasteiger partial charge in [0, 0.05) is 5.54 Å². The van der Waals surface area contributed by atoms with E-state index in [0.717, 1.165) is 17.8 Å². The van der Waals surface area contributed by atoms with Gasteiger partial charge in [0.15, 0.2) is 0 Å². The van der Waals surface area contributed by atoms with Gasteiger partial charge in [0.2, 0.25) is 0 Å². The minimum absolute atomic E-state index is 0.201. The Hall–Kier alpha value is -1.46. The lowest BCUT2D eigenvalue weighted by atomic mass is 9.53. The molecule has 0 spiro atoms. The maximum atomic E-state index is 4.89. The van der Waals surface area contributed by atoms with Gasteiger partial charge in [-0.1, -0.05) is 10.2 Å². The molecule has 5 rings (SSSR count). The Kier molecular flexibility index (Phi) is 2.40. The minimum Gasteiger partial charge on any atom is -0.465 e. The molecule has 0 radical (unpaired) electrons. The highest BCUT2D eigenvalue weighted by molar-refractivity contribution is 5.29. The first-order valence-corrected chi connectivity index (χ1v) is 7.14. The predicted molar refractivity (Wildman–Crippen MR) is 68.7 cm³/mol. The molecule has 0 atom stereocenters. The first kappa shape index (κ1) is 11.4. The highest BCUT2D eigenvalue weighted by Crippen LogP contribution is 2.56. The summed E-state index contributed by atoms with van der Waals surface area (Å²) >= 11 is 0. The van der Waals surface area contributed by atoms with Crippen molar-refractivity contribution >= 4 is 5.95 Å². The molecule has 1 heterocycles. The van der Waals surface area contributed by atoms with Crippen LogP contribution in [-0.2, 0) is 0 Å². The molecule has 4 bridgehead atoms. The van der Waals surface area contributed by atoms with Crippen LogP contribution in [0.25, 0.3) is 0 Å². The predicted octanol–water partition coefficient (Wildman–Crippen LogP) is 1.66. The van der Waals surface area contributed by atoms with Gasteiger partial charge < -0.3 is 10.1 Å². The summed E-state index contributed by atoms with van der Waals surface area (Å²) in [6.07, 6.45) is 8.07. The Bertz CT molecular complexity index is 439. The first-order valence-electron chi connectivity index (χ1n) is 7.14. The molecule has 4 fully saturated rings. The summed E-state index contributed by atoms with van der Waals surface area (Å²) in [5.41, 5.74) is 0.201. The van der Waals surface area contributed by atoms with Gasteiger partial charge in [-0.3, -0.25) is 0 Å². The standard InChI is InChI=1S/C13H19N5O/c1-19-12-17-15-11(16-18-12)14-13-5-8-2-9(6-13)4-10(3-8)7-13/h8-10H,2-7H2,1H3,(H,14,15,16). The van der Waals surface area contributed by atoms with Crippen molar-refractivity contribution in [1.29, 1.82) is 0 Å². The fourth-order valence-electron chi connectivity index (χ4n) is 4.85. The van der Waals surface area contributed by atoms with E-state index in [-0.39, 0.29) is 11.5 Å². The Labute approximate surface area is 112 Å². The lowest BCUT2D eigenvalue weighted by molar-refractivity contribution is 0.0102. The van der Waals surface area contributed by atoms with E-state index in [1.54, 1.807) is 0 Å².